The Bertz CT molecular complexity index is 562. The molecule has 1 N–H and O–H groups in total. The van der Waals surface area contributed by atoms with Crippen LogP contribution < -0.4 is 5.32 Å². The van der Waals surface area contributed by atoms with E-state index in [-0.39, 0.29) is 0 Å². The van der Waals surface area contributed by atoms with E-state index in [0.29, 0.717) is 6.04 Å². The third-order valence-electron chi connectivity index (χ3n) is 4.40. The third-order valence-corrected chi connectivity index (χ3v) is 4.65. The molecule has 1 fully saturated rings. The lowest BCUT2D eigenvalue weighted by Crippen LogP contribution is -2.36. The number of hydrogen-bond donors (Lipinski definition) is 1. The van der Waals surface area contributed by atoms with E-state index in [1.54, 1.807) is 0 Å². The lowest BCUT2D eigenvalue weighted by molar-refractivity contribution is 0.204. The molecule has 22 heavy (non-hydrogen) atoms. The molecule has 0 unspecified atom stereocenters. The molecule has 1 saturated carbocycles. The van der Waals surface area contributed by atoms with Gasteiger partial charge in [0.05, 0.1) is 6.67 Å². The van der Waals surface area contributed by atoms with Crippen molar-refractivity contribution in [3.63, 3.8) is 0 Å². The molecule has 0 radical (unpaired) electrons. The Morgan fingerprint density at radius 1 is 0.955 bits per heavy atom. The Morgan fingerprint density at radius 2 is 1.64 bits per heavy atom. The number of hydrogen-bond acceptors (Lipinski definition) is 2. The van der Waals surface area contributed by atoms with Crippen molar-refractivity contribution in [1.82, 2.24) is 4.90 Å². The SMILES string of the molecule is Clc1ccc(CN(CNc2ccccc2)C2CCCC2)cc1. The number of nitrogens with one attached hydrogen (secondary N) is 1. The fourth-order valence-electron chi connectivity index (χ4n) is 3.16. The minimum absolute atomic E-state index is 0.687. The number of benzene rings is 2. The highest BCUT2D eigenvalue weighted by Gasteiger charge is 2.22. The van der Waals surface area contributed by atoms with Gasteiger partial charge in [-0.3, -0.25) is 4.90 Å². The van der Waals surface area contributed by atoms with E-state index in [0.717, 1.165) is 18.2 Å². The molecule has 0 amide bonds. The molecule has 0 atom stereocenters. The Hall–Kier alpha value is -1.51. The van der Waals surface area contributed by atoms with Crippen molar-refractivity contribution in [2.75, 3.05) is 12.0 Å². The zero-order valence-corrected chi connectivity index (χ0v) is 13.6. The van der Waals surface area contributed by atoms with Gasteiger partial charge in [0.2, 0.25) is 0 Å². The molecule has 0 heterocycles. The van der Waals surface area contributed by atoms with E-state index < -0.39 is 0 Å². The summed E-state index contributed by atoms with van der Waals surface area (Å²) < 4.78 is 0. The number of para-hydroxylation sites is 1. The molecule has 1 aliphatic carbocycles. The van der Waals surface area contributed by atoms with E-state index in [4.69, 9.17) is 11.6 Å². The van der Waals surface area contributed by atoms with E-state index in [9.17, 15) is 0 Å². The fourth-order valence-corrected chi connectivity index (χ4v) is 3.28. The zero-order chi connectivity index (χ0) is 15.2. The number of anilines is 1. The van der Waals surface area contributed by atoms with E-state index in [1.807, 2.05) is 18.2 Å². The molecule has 0 spiro atoms. The molecule has 1 aliphatic rings. The van der Waals surface area contributed by atoms with Crippen molar-refractivity contribution < 1.29 is 0 Å². The van der Waals surface area contributed by atoms with Crippen LogP contribution in [0.4, 0.5) is 5.69 Å². The van der Waals surface area contributed by atoms with Gasteiger partial charge in [0.25, 0.3) is 0 Å². The van der Waals surface area contributed by atoms with Gasteiger partial charge in [-0.25, -0.2) is 0 Å². The summed E-state index contributed by atoms with van der Waals surface area (Å²) >= 11 is 5.99. The summed E-state index contributed by atoms with van der Waals surface area (Å²) in [6, 6.07) is 19.3. The standard InChI is InChI=1S/C19H23ClN2/c20-17-12-10-16(11-13-17)14-22(19-8-4-5-9-19)15-21-18-6-2-1-3-7-18/h1-3,6-7,10-13,19,21H,4-5,8-9,14-15H2. The zero-order valence-electron chi connectivity index (χ0n) is 12.8. The van der Waals surface area contributed by atoms with Gasteiger partial charge in [-0.05, 0) is 42.7 Å². The van der Waals surface area contributed by atoms with Crippen molar-refractivity contribution in [3.8, 4) is 0 Å². The summed E-state index contributed by atoms with van der Waals surface area (Å²) in [6.07, 6.45) is 5.33. The molecule has 116 valence electrons. The second kappa shape index (κ2) is 7.66. The van der Waals surface area contributed by atoms with Gasteiger partial charge in [0.15, 0.2) is 0 Å². The van der Waals surface area contributed by atoms with Crippen LogP contribution >= 0.6 is 11.6 Å². The third kappa shape index (κ3) is 4.25. The molecule has 0 saturated heterocycles. The largest absolute Gasteiger partial charge is 0.372 e. The first-order valence-electron chi connectivity index (χ1n) is 8.09. The molecular formula is C19H23ClN2. The Kier molecular flexibility index (Phi) is 5.36. The second-order valence-corrected chi connectivity index (χ2v) is 6.45. The summed E-state index contributed by atoms with van der Waals surface area (Å²) in [5.74, 6) is 0. The van der Waals surface area contributed by atoms with Gasteiger partial charge in [-0.15, -0.1) is 0 Å². The number of nitrogens with zero attached hydrogens (tertiary/aromatic N) is 1. The molecule has 2 nitrogen and oxygen atoms in total. The van der Waals surface area contributed by atoms with Crippen molar-refractivity contribution in [2.45, 2.75) is 38.3 Å². The minimum atomic E-state index is 0.687. The van der Waals surface area contributed by atoms with Crippen LogP contribution in [0.15, 0.2) is 54.6 Å². The van der Waals surface area contributed by atoms with Crippen LogP contribution in [0.25, 0.3) is 0 Å². The molecule has 2 aromatic carbocycles. The summed E-state index contributed by atoms with van der Waals surface area (Å²) in [5.41, 5.74) is 2.51. The molecule has 0 aliphatic heterocycles. The molecule has 3 rings (SSSR count). The smallest absolute Gasteiger partial charge is 0.0683 e. The number of rotatable bonds is 6. The Morgan fingerprint density at radius 3 is 2.32 bits per heavy atom. The highest BCUT2D eigenvalue weighted by atomic mass is 35.5. The molecule has 0 aromatic heterocycles. The highest BCUT2D eigenvalue weighted by Crippen LogP contribution is 2.25. The van der Waals surface area contributed by atoms with Crippen LogP contribution in [0, 0.1) is 0 Å². The normalized spacial score (nSPS) is 15.4. The van der Waals surface area contributed by atoms with Gasteiger partial charge in [0.1, 0.15) is 0 Å². The first-order chi connectivity index (χ1) is 10.8. The summed E-state index contributed by atoms with van der Waals surface area (Å²) in [4.78, 5) is 2.56. The molecular weight excluding hydrogens is 292 g/mol. The average Bonchev–Trinajstić information content (AvgIpc) is 3.08. The maximum atomic E-state index is 5.99. The highest BCUT2D eigenvalue weighted by molar-refractivity contribution is 6.30. The molecule has 0 bridgehead atoms. The lowest BCUT2D eigenvalue weighted by atomic mass is 10.1. The van der Waals surface area contributed by atoms with E-state index in [2.05, 4.69) is 46.6 Å². The van der Waals surface area contributed by atoms with Crippen molar-refractivity contribution in [1.29, 1.82) is 0 Å². The van der Waals surface area contributed by atoms with Crippen LogP contribution in [0.5, 0.6) is 0 Å². The summed E-state index contributed by atoms with van der Waals surface area (Å²) in [6.45, 7) is 1.86. The Labute approximate surface area is 138 Å². The first-order valence-corrected chi connectivity index (χ1v) is 8.46. The van der Waals surface area contributed by atoms with Crippen molar-refractivity contribution >= 4 is 17.3 Å². The summed E-state index contributed by atoms with van der Waals surface area (Å²) in [7, 11) is 0. The van der Waals surface area contributed by atoms with E-state index in [1.165, 1.54) is 36.9 Å². The topological polar surface area (TPSA) is 15.3 Å². The number of halogens is 1. The lowest BCUT2D eigenvalue weighted by Gasteiger charge is -2.29. The van der Waals surface area contributed by atoms with Gasteiger partial charge >= 0.3 is 0 Å². The predicted octanol–water partition coefficient (Wildman–Crippen LogP) is 5.15. The summed E-state index contributed by atoms with van der Waals surface area (Å²) in [5, 5.41) is 4.36. The van der Waals surface area contributed by atoms with Gasteiger partial charge in [-0.1, -0.05) is 54.8 Å². The minimum Gasteiger partial charge on any atom is -0.372 e. The van der Waals surface area contributed by atoms with Gasteiger partial charge in [-0.2, -0.15) is 0 Å². The second-order valence-electron chi connectivity index (χ2n) is 6.01. The maximum Gasteiger partial charge on any atom is 0.0683 e. The van der Waals surface area contributed by atoms with Crippen LogP contribution in [-0.2, 0) is 6.54 Å². The van der Waals surface area contributed by atoms with Crippen molar-refractivity contribution in [2.24, 2.45) is 0 Å². The van der Waals surface area contributed by atoms with E-state index >= 15 is 0 Å². The van der Waals surface area contributed by atoms with Crippen LogP contribution in [0.3, 0.4) is 0 Å². The van der Waals surface area contributed by atoms with Gasteiger partial charge in [0, 0.05) is 23.3 Å². The van der Waals surface area contributed by atoms with Crippen LogP contribution in [0.2, 0.25) is 5.02 Å². The maximum absolute atomic E-state index is 5.99. The molecule has 2 aromatic rings. The van der Waals surface area contributed by atoms with Crippen molar-refractivity contribution in [3.05, 3.63) is 65.2 Å². The monoisotopic (exact) mass is 314 g/mol. The fraction of sp³-hybridized carbons (Fsp3) is 0.368. The molecule has 3 heteroatoms. The predicted molar refractivity (Wildman–Crippen MR) is 94.2 cm³/mol. The van der Waals surface area contributed by atoms with Crippen LogP contribution in [0.1, 0.15) is 31.2 Å². The van der Waals surface area contributed by atoms with Gasteiger partial charge < -0.3 is 5.32 Å². The average molecular weight is 315 g/mol. The quantitative estimate of drug-likeness (QED) is 0.741. The van der Waals surface area contributed by atoms with Crippen LogP contribution in [-0.4, -0.2) is 17.6 Å². The first kappa shape index (κ1) is 15.4. The Balaban J connectivity index is 1.65.